The van der Waals surface area contributed by atoms with Crippen LogP contribution in [0, 0.1) is 5.41 Å². The van der Waals surface area contributed by atoms with Gasteiger partial charge >= 0.3 is 0 Å². The first-order valence-corrected chi connectivity index (χ1v) is 5.77. The standard InChI is InChI=1S/C12H18N4O3/c1-4-12(2,10(13)16-18)11(17)15-8-5-6-9(19-3)14-7-8/h5-7,18H,4H2,1-3H3,(H2,13,16)(H,15,17). The van der Waals surface area contributed by atoms with Gasteiger partial charge in [0.25, 0.3) is 0 Å². The van der Waals surface area contributed by atoms with Crippen molar-refractivity contribution in [1.29, 1.82) is 0 Å². The summed E-state index contributed by atoms with van der Waals surface area (Å²) >= 11 is 0. The van der Waals surface area contributed by atoms with Gasteiger partial charge in [0.05, 0.1) is 19.0 Å². The number of amidine groups is 1. The van der Waals surface area contributed by atoms with Gasteiger partial charge in [-0.05, 0) is 19.4 Å². The van der Waals surface area contributed by atoms with Crippen LogP contribution in [0.2, 0.25) is 0 Å². The quantitative estimate of drug-likeness (QED) is 0.321. The lowest BCUT2D eigenvalue weighted by molar-refractivity contribution is -0.121. The van der Waals surface area contributed by atoms with E-state index in [4.69, 9.17) is 15.7 Å². The first-order valence-electron chi connectivity index (χ1n) is 5.77. The summed E-state index contributed by atoms with van der Waals surface area (Å²) in [5.41, 5.74) is 5.00. The highest BCUT2D eigenvalue weighted by Crippen LogP contribution is 2.24. The lowest BCUT2D eigenvalue weighted by Crippen LogP contribution is -2.44. The average Bonchev–Trinajstić information content (AvgIpc) is 2.46. The van der Waals surface area contributed by atoms with Gasteiger partial charge in [-0.2, -0.15) is 0 Å². The molecule has 4 N–H and O–H groups in total. The Balaban J connectivity index is 2.88. The molecule has 0 radical (unpaired) electrons. The maximum atomic E-state index is 12.2. The van der Waals surface area contributed by atoms with Crippen LogP contribution < -0.4 is 15.8 Å². The van der Waals surface area contributed by atoms with Crippen LogP contribution in [0.5, 0.6) is 5.88 Å². The van der Waals surface area contributed by atoms with Gasteiger partial charge in [-0.3, -0.25) is 4.79 Å². The maximum absolute atomic E-state index is 12.2. The second-order valence-corrected chi connectivity index (χ2v) is 4.21. The summed E-state index contributed by atoms with van der Waals surface area (Å²) in [6, 6.07) is 3.29. The molecule has 1 amide bonds. The molecule has 0 bridgehead atoms. The van der Waals surface area contributed by atoms with Crippen LogP contribution in [0.25, 0.3) is 0 Å². The number of amides is 1. The summed E-state index contributed by atoms with van der Waals surface area (Å²) in [5.74, 6) is -0.0427. The van der Waals surface area contributed by atoms with Crippen LogP contribution in [-0.4, -0.2) is 29.0 Å². The molecule has 104 valence electrons. The van der Waals surface area contributed by atoms with Crippen LogP contribution >= 0.6 is 0 Å². The van der Waals surface area contributed by atoms with Gasteiger partial charge < -0.3 is 21.0 Å². The van der Waals surface area contributed by atoms with Crippen molar-refractivity contribution in [3.63, 3.8) is 0 Å². The number of ether oxygens (including phenoxy) is 1. The summed E-state index contributed by atoms with van der Waals surface area (Å²) in [6.07, 6.45) is 1.87. The minimum atomic E-state index is -1.07. The smallest absolute Gasteiger partial charge is 0.238 e. The normalized spacial score (nSPS) is 14.6. The van der Waals surface area contributed by atoms with E-state index < -0.39 is 5.41 Å². The summed E-state index contributed by atoms with van der Waals surface area (Å²) in [4.78, 5) is 16.2. The Kier molecular flexibility index (Phi) is 4.68. The molecule has 0 aliphatic rings. The number of nitrogens with two attached hydrogens (primary N) is 1. The van der Waals surface area contributed by atoms with Crippen molar-refractivity contribution in [2.75, 3.05) is 12.4 Å². The van der Waals surface area contributed by atoms with Crippen LogP contribution in [0.15, 0.2) is 23.5 Å². The van der Waals surface area contributed by atoms with E-state index >= 15 is 0 Å². The fraction of sp³-hybridized carbons (Fsp3) is 0.417. The predicted molar refractivity (Wildman–Crippen MR) is 71.2 cm³/mol. The minimum Gasteiger partial charge on any atom is -0.481 e. The molecule has 0 spiro atoms. The minimum absolute atomic E-state index is 0.131. The Labute approximate surface area is 111 Å². The van der Waals surface area contributed by atoms with Crippen LogP contribution in [0.3, 0.4) is 0 Å². The Hall–Kier alpha value is -2.31. The SMILES string of the molecule is CCC(C)(C(=O)Nc1ccc(OC)nc1)/C(N)=N/O. The maximum Gasteiger partial charge on any atom is 0.238 e. The zero-order chi connectivity index (χ0) is 14.5. The van der Waals surface area contributed by atoms with Gasteiger partial charge in [0.15, 0.2) is 5.84 Å². The fourth-order valence-electron chi connectivity index (χ4n) is 1.41. The Morgan fingerprint density at radius 1 is 1.63 bits per heavy atom. The van der Waals surface area contributed by atoms with Gasteiger partial charge in [0.2, 0.25) is 11.8 Å². The lowest BCUT2D eigenvalue weighted by atomic mass is 9.85. The van der Waals surface area contributed by atoms with Crippen molar-refractivity contribution in [1.82, 2.24) is 4.98 Å². The van der Waals surface area contributed by atoms with Gasteiger partial charge in [-0.1, -0.05) is 12.1 Å². The number of pyridine rings is 1. The van der Waals surface area contributed by atoms with E-state index in [9.17, 15) is 4.79 Å². The zero-order valence-corrected chi connectivity index (χ0v) is 11.2. The molecule has 0 aromatic carbocycles. The van der Waals surface area contributed by atoms with Crippen molar-refractivity contribution < 1.29 is 14.7 Å². The highest BCUT2D eigenvalue weighted by atomic mass is 16.5. The van der Waals surface area contributed by atoms with E-state index in [-0.39, 0.29) is 11.7 Å². The summed E-state index contributed by atoms with van der Waals surface area (Å²) < 4.78 is 4.92. The second-order valence-electron chi connectivity index (χ2n) is 4.21. The third-order valence-electron chi connectivity index (χ3n) is 3.08. The van der Waals surface area contributed by atoms with Crippen LogP contribution in [0.4, 0.5) is 5.69 Å². The number of hydrogen-bond acceptors (Lipinski definition) is 5. The average molecular weight is 266 g/mol. The summed E-state index contributed by atoms with van der Waals surface area (Å²) in [5, 5.41) is 14.3. The first kappa shape index (κ1) is 14.7. The molecule has 1 unspecified atom stereocenters. The topological polar surface area (TPSA) is 110 Å². The summed E-state index contributed by atoms with van der Waals surface area (Å²) in [6.45, 7) is 3.39. The van der Waals surface area contributed by atoms with Crippen molar-refractivity contribution in [3.05, 3.63) is 18.3 Å². The molecule has 19 heavy (non-hydrogen) atoms. The number of carbonyl (C=O) groups is 1. The molecule has 0 aliphatic carbocycles. The number of nitrogens with zero attached hydrogens (tertiary/aromatic N) is 2. The molecule has 1 aromatic heterocycles. The lowest BCUT2D eigenvalue weighted by Gasteiger charge is -2.25. The van der Waals surface area contributed by atoms with Crippen molar-refractivity contribution in [2.24, 2.45) is 16.3 Å². The number of anilines is 1. The molecular formula is C12H18N4O3. The molecule has 1 heterocycles. The molecule has 7 heteroatoms. The number of methoxy groups -OCH3 is 1. The number of hydrogen-bond donors (Lipinski definition) is 3. The molecule has 1 aromatic rings. The Bertz CT molecular complexity index is 472. The van der Waals surface area contributed by atoms with E-state index in [1.54, 1.807) is 26.0 Å². The molecule has 0 aliphatic heterocycles. The monoisotopic (exact) mass is 266 g/mol. The van der Waals surface area contributed by atoms with Gasteiger partial charge in [0.1, 0.15) is 5.41 Å². The number of carbonyl (C=O) groups excluding carboxylic acids is 1. The summed E-state index contributed by atoms with van der Waals surface area (Å²) in [7, 11) is 1.51. The molecule has 1 atom stereocenters. The number of aromatic nitrogens is 1. The number of nitrogens with one attached hydrogen (secondary N) is 1. The number of oxime groups is 1. The van der Waals surface area contributed by atoms with Gasteiger partial charge in [0, 0.05) is 6.07 Å². The van der Waals surface area contributed by atoms with Crippen molar-refractivity contribution >= 4 is 17.4 Å². The highest BCUT2D eigenvalue weighted by Gasteiger charge is 2.36. The van der Waals surface area contributed by atoms with Gasteiger partial charge in [-0.25, -0.2) is 4.98 Å². The van der Waals surface area contributed by atoms with E-state index in [0.29, 0.717) is 18.0 Å². The highest BCUT2D eigenvalue weighted by molar-refractivity contribution is 6.11. The molecule has 0 saturated heterocycles. The molecular weight excluding hydrogens is 248 g/mol. The number of rotatable bonds is 5. The second kappa shape index (κ2) is 6.03. The van der Waals surface area contributed by atoms with Crippen LogP contribution in [-0.2, 0) is 4.79 Å². The molecule has 1 rings (SSSR count). The van der Waals surface area contributed by atoms with Crippen molar-refractivity contribution in [2.45, 2.75) is 20.3 Å². The zero-order valence-electron chi connectivity index (χ0n) is 11.2. The molecule has 7 nitrogen and oxygen atoms in total. The van der Waals surface area contributed by atoms with E-state index in [0.717, 1.165) is 0 Å². The van der Waals surface area contributed by atoms with E-state index in [2.05, 4.69) is 15.5 Å². The van der Waals surface area contributed by atoms with Crippen LogP contribution in [0.1, 0.15) is 20.3 Å². The Morgan fingerprint density at radius 3 is 2.74 bits per heavy atom. The van der Waals surface area contributed by atoms with Gasteiger partial charge in [-0.15, -0.1) is 0 Å². The first-order chi connectivity index (χ1) is 8.97. The predicted octanol–water partition coefficient (Wildman–Crippen LogP) is 1.19. The third-order valence-corrected chi connectivity index (χ3v) is 3.08. The Morgan fingerprint density at radius 2 is 2.32 bits per heavy atom. The largest absolute Gasteiger partial charge is 0.481 e. The molecule has 0 saturated carbocycles. The van der Waals surface area contributed by atoms with E-state index in [1.807, 2.05) is 0 Å². The fourth-order valence-corrected chi connectivity index (χ4v) is 1.41. The van der Waals surface area contributed by atoms with E-state index in [1.165, 1.54) is 13.3 Å². The molecule has 0 fully saturated rings. The third kappa shape index (κ3) is 3.12. The van der Waals surface area contributed by atoms with Crippen molar-refractivity contribution in [3.8, 4) is 5.88 Å².